The third-order valence-corrected chi connectivity index (χ3v) is 5.15. The van der Waals surface area contributed by atoms with Gasteiger partial charge in [-0.1, -0.05) is 0 Å². The Balaban J connectivity index is 2.16. The molecule has 1 aromatic heterocycles. The maximum absolute atomic E-state index is 12.2. The predicted octanol–water partition coefficient (Wildman–Crippen LogP) is -1.64. The van der Waals surface area contributed by atoms with Crippen LogP contribution in [0.4, 0.5) is 0 Å². The molecule has 1 aromatic rings. The zero-order valence-electron chi connectivity index (χ0n) is 12.1. The Bertz CT molecular complexity index is 729. The zero-order chi connectivity index (χ0) is 15.6. The third-order valence-electron chi connectivity index (χ3n) is 3.71. The van der Waals surface area contributed by atoms with Crippen molar-refractivity contribution in [2.24, 2.45) is 20.0 Å². The van der Waals surface area contributed by atoms with Crippen molar-refractivity contribution in [3.63, 3.8) is 0 Å². The summed E-state index contributed by atoms with van der Waals surface area (Å²) in [4.78, 5) is 23.1. The Morgan fingerprint density at radius 2 is 2.10 bits per heavy atom. The summed E-state index contributed by atoms with van der Waals surface area (Å²) in [6.07, 6.45) is 2.81. The quantitative estimate of drug-likeness (QED) is 0.678. The Morgan fingerprint density at radius 3 is 2.71 bits per heavy atom. The van der Waals surface area contributed by atoms with Crippen LogP contribution >= 0.6 is 0 Å². The van der Waals surface area contributed by atoms with Crippen molar-refractivity contribution in [1.29, 1.82) is 0 Å². The highest BCUT2D eigenvalue weighted by molar-refractivity contribution is 7.89. The van der Waals surface area contributed by atoms with E-state index in [1.165, 1.54) is 14.1 Å². The van der Waals surface area contributed by atoms with Crippen molar-refractivity contribution in [2.45, 2.75) is 17.7 Å². The van der Waals surface area contributed by atoms with Gasteiger partial charge in [0.05, 0.1) is 0 Å². The molecule has 0 radical (unpaired) electrons. The molecule has 0 saturated carbocycles. The average molecular weight is 316 g/mol. The molecular weight excluding hydrogens is 296 g/mol. The summed E-state index contributed by atoms with van der Waals surface area (Å²) in [5.74, 6) is 0.454. The highest BCUT2D eigenvalue weighted by atomic mass is 32.2. The second-order valence-corrected chi connectivity index (χ2v) is 7.03. The van der Waals surface area contributed by atoms with E-state index >= 15 is 0 Å². The number of aryl methyl sites for hydroxylation is 1. The Hall–Kier alpha value is -1.45. The van der Waals surface area contributed by atoms with Gasteiger partial charge in [0.1, 0.15) is 0 Å². The van der Waals surface area contributed by atoms with E-state index in [1.807, 2.05) is 0 Å². The van der Waals surface area contributed by atoms with E-state index in [2.05, 4.69) is 10.0 Å². The fraction of sp³-hybridized carbons (Fsp3) is 0.667. The van der Waals surface area contributed by atoms with Crippen molar-refractivity contribution in [1.82, 2.24) is 19.2 Å². The van der Waals surface area contributed by atoms with E-state index in [1.54, 1.807) is 0 Å². The minimum atomic E-state index is -3.91. The summed E-state index contributed by atoms with van der Waals surface area (Å²) in [6.45, 7) is 2.13. The Labute approximate surface area is 122 Å². The molecule has 0 aromatic carbocycles. The second-order valence-electron chi connectivity index (χ2n) is 5.30. The average Bonchev–Trinajstić information content (AvgIpc) is 2.93. The van der Waals surface area contributed by atoms with Crippen LogP contribution in [-0.2, 0) is 24.1 Å². The van der Waals surface area contributed by atoms with E-state index in [0.29, 0.717) is 5.92 Å². The molecule has 2 heterocycles. The topological polar surface area (TPSA) is 102 Å². The number of aromatic nitrogens is 2. The van der Waals surface area contributed by atoms with Gasteiger partial charge >= 0.3 is 5.69 Å². The third kappa shape index (κ3) is 3.42. The number of sulfonamides is 1. The van der Waals surface area contributed by atoms with Gasteiger partial charge < -0.3 is 9.88 Å². The first-order chi connectivity index (χ1) is 9.83. The molecule has 1 fully saturated rings. The van der Waals surface area contributed by atoms with Gasteiger partial charge in [-0.25, -0.2) is 17.9 Å². The molecule has 2 N–H and O–H groups in total. The highest BCUT2D eigenvalue weighted by Gasteiger charge is 2.22. The Kier molecular flexibility index (Phi) is 4.64. The molecule has 0 aliphatic carbocycles. The minimum Gasteiger partial charge on any atom is -0.316 e. The summed E-state index contributed by atoms with van der Waals surface area (Å²) < 4.78 is 28.7. The van der Waals surface area contributed by atoms with Crippen LogP contribution in [0.25, 0.3) is 0 Å². The monoisotopic (exact) mass is 316 g/mol. The van der Waals surface area contributed by atoms with E-state index in [0.717, 1.165) is 41.3 Å². The van der Waals surface area contributed by atoms with Crippen molar-refractivity contribution < 1.29 is 8.42 Å². The molecule has 8 nitrogen and oxygen atoms in total. The fourth-order valence-electron chi connectivity index (χ4n) is 2.40. The van der Waals surface area contributed by atoms with Crippen molar-refractivity contribution >= 4 is 10.0 Å². The van der Waals surface area contributed by atoms with Crippen LogP contribution in [-0.4, -0.2) is 37.2 Å². The lowest BCUT2D eigenvalue weighted by Crippen LogP contribution is -2.41. The van der Waals surface area contributed by atoms with Gasteiger partial charge in [-0.05, 0) is 31.8 Å². The van der Waals surface area contributed by atoms with Crippen molar-refractivity contribution in [2.75, 3.05) is 19.6 Å². The lowest BCUT2D eigenvalue weighted by Gasteiger charge is -2.11. The molecule has 0 amide bonds. The molecule has 0 bridgehead atoms. The van der Waals surface area contributed by atoms with E-state index in [9.17, 15) is 18.0 Å². The summed E-state index contributed by atoms with van der Waals surface area (Å²) in [7, 11) is -1.24. The van der Waals surface area contributed by atoms with E-state index in [-0.39, 0.29) is 6.54 Å². The molecule has 1 aliphatic heterocycles. The normalized spacial score (nSPS) is 19.0. The van der Waals surface area contributed by atoms with Crippen LogP contribution in [0.15, 0.2) is 20.7 Å². The molecule has 0 spiro atoms. The lowest BCUT2D eigenvalue weighted by atomic mass is 10.1. The number of nitrogens with zero attached hydrogens (tertiary/aromatic N) is 2. The maximum Gasteiger partial charge on any atom is 0.330 e. The molecule has 1 unspecified atom stereocenters. The van der Waals surface area contributed by atoms with Gasteiger partial charge in [0.2, 0.25) is 10.0 Å². The second kappa shape index (κ2) is 6.12. The van der Waals surface area contributed by atoms with Crippen LogP contribution in [0.1, 0.15) is 12.8 Å². The summed E-state index contributed by atoms with van der Waals surface area (Å²) >= 11 is 0. The van der Waals surface area contributed by atoms with Gasteiger partial charge in [-0.15, -0.1) is 0 Å². The van der Waals surface area contributed by atoms with Gasteiger partial charge in [-0.3, -0.25) is 9.36 Å². The largest absolute Gasteiger partial charge is 0.330 e. The minimum absolute atomic E-state index is 0.278. The van der Waals surface area contributed by atoms with Crippen LogP contribution in [0, 0.1) is 5.92 Å². The molecule has 9 heteroatoms. The summed E-state index contributed by atoms with van der Waals surface area (Å²) in [5, 5.41) is 3.21. The number of hydrogen-bond donors (Lipinski definition) is 2. The molecular formula is C12H20N4O4S. The van der Waals surface area contributed by atoms with Gasteiger partial charge in [0.15, 0.2) is 4.90 Å². The molecule has 1 aliphatic rings. The molecule has 2 rings (SSSR count). The van der Waals surface area contributed by atoms with Crippen LogP contribution in [0.3, 0.4) is 0 Å². The molecule has 1 atom stereocenters. The van der Waals surface area contributed by atoms with Crippen LogP contribution < -0.4 is 21.3 Å². The Morgan fingerprint density at radius 1 is 1.38 bits per heavy atom. The maximum atomic E-state index is 12.2. The number of hydrogen-bond acceptors (Lipinski definition) is 5. The summed E-state index contributed by atoms with van der Waals surface area (Å²) in [5.41, 5.74) is -1.37. The van der Waals surface area contributed by atoms with Crippen molar-refractivity contribution in [3.8, 4) is 0 Å². The highest BCUT2D eigenvalue weighted by Crippen LogP contribution is 2.11. The molecule has 21 heavy (non-hydrogen) atoms. The SMILES string of the molecule is Cn1cc(S(=O)(=O)NCCC2CCNC2)c(=O)n(C)c1=O. The van der Waals surface area contributed by atoms with Gasteiger partial charge in [0, 0.05) is 26.8 Å². The zero-order valence-corrected chi connectivity index (χ0v) is 12.9. The summed E-state index contributed by atoms with van der Waals surface area (Å²) in [6, 6.07) is 0. The lowest BCUT2D eigenvalue weighted by molar-refractivity contribution is 0.517. The standard InChI is InChI=1S/C12H20N4O4S/c1-15-8-10(11(17)16(2)12(15)18)21(19,20)14-6-4-9-3-5-13-7-9/h8-9,13-14H,3-7H2,1-2H3. The fourth-order valence-corrected chi connectivity index (χ4v) is 3.60. The van der Waals surface area contributed by atoms with Crippen LogP contribution in [0.5, 0.6) is 0 Å². The van der Waals surface area contributed by atoms with Crippen LogP contribution in [0.2, 0.25) is 0 Å². The predicted molar refractivity (Wildman–Crippen MR) is 77.7 cm³/mol. The molecule has 1 saturated heterocycles. The molecule has 118 valence electrons. The number of nitrogens with one attached hydrogen (secondary N) is 2. The van der Waals surface area contributed by atoms with Crippen molar-refractivity contribution in [3.05, 3.63) is 27.0 Å². The smallest absolute Gasteiger partial charge is 0.316 e. The van der Waals surface area contributed by atoms with E-state index < -0.39 is 26.2 Å². The first-order valence-corrected chi connectivity index (χ1v) is 8.28. The van der Waals surface area contributed by atoms with Gasteiger partial charge in [-0.2, -0.15) is 0 Å². The van der Waals surface area contributed by atoms with E-state index in [4.69, 9.17) is 0 Å². The number of rotatable bonds is 5. The van der Waals surface area contributed by atoms with Gasteiger partial charge in [0.25, 0.3) is 5.56 Å². The first kappa shape index (κ1) is 15.9. The first-order valence-electron chi connectivity index (χ1n) is 6.80.